The molecule has 0 bridgehead atoms. The number of hydrogen-bond acceptors (Lipinski definition) is 2. The van der Waals surface area contributed by atoms with Crippen LogP contribution in [0.2, 0.25) is 0 Å². The van der Waals surface area contributed by atoms with Crippen LogP contribution in [-0.4, -0.2) is 22.5 Å². The minimum atomic E-state index is 0.498. The number of aromatic nitrogens is 1. The smallest absolute Gasteiger partial charge is 0.0602 e. The van der Waals surface area contributed by atoms with Crippen molar-refractivity contribution in [1.82, 2.24) is 9.40 Å². The van der Waals surface area contributed by atoms with Crippen molar-refractivity contribution >= 4 is 27.7 Å². The predicted molar refractivity (Wildman–Crippen MR) is 52.1 cm³/mol. The average molecular weight is 248 g/mol. The van der Waals surface area contributed by atoms with Crippen molar-refractivity contribution in [3.8, 4) is 0 Å². The Morgan fingerprint density at radius 2 is 2.33 bits per heavy atom. The maximum Gasteiger partial charge on any atom is 0.0602 e. The molecule has 1 aromatic rings. The molecule has 12 heavy (non-hydrogen) atoms. The number of rotatable bonds is 1. The fraction of sp³-hybridized carbons (Fsp3) is 0.375. The summed E-state index contributed by atoms with van der Waals surface area (Å²) in [6, 6.07) is 3.93. The minimum Gasteiger partial charge on any atom is -0.260 e. The van der Waals surface area contributed by atoms with Crippen molar-refractivity contribution in [2.24, 2.45) is 0 Å². The molecule has 0 N–H and O–H groups in total. The quantitative estimate of drug-likeness (QED) is 0.709. The van der Waals surface area contributed by atoms with Gasteiger partial charge in [0.05, 0.1) is 5.69 Å². The third-order valence-corrected chi connectivity index (χ3v) is 2.96. The van der Waals surface area contributed by atoms with E-state index >= 15 is 0 Å². The summed E-state index contributed by atoms with van der Waals surface area (Å²) in [7, 11) is 0. The number of halogens is 2. The van der Waals surface area contributed by atoms with E-state index in [1.165, 1.54) is 0 Å². The molecule has 1 aliphatic heterocycles. The topological polar surface area (TPSA) is 16.1 Å². The van der Waals surface area contributed by atoms with Crippen LogP contribution in [0.5, 0.6) is 0 Å². The van der Waals surface area contributed by atoms with E-state index in [0.29, 0.717) is 5.92 Å². The van der Waals surface area contributed by atoms with Crippen LogP contribution in [0, 0.1) is 0 Å². The van der Waals surface area contributed by atoms with Crippen molar-refractivity contribution < 1.29 is 0 Å². The fourth-order valence-corrected chi connectivity index (χ4v) is 2.21. The van der Waals surface area contributed by atoms with Gasteiger partial charge in [-0.2, -0.15) is 0 Å². The van der Waals surface area contributed by atoms with E-state index in [4.69, 9.17) is 11.8 Å². The number of nitrogens with zero attached hydrogens (tertiary/aromatic N) is 2. The van der Waals surface area contributed by atoms with Crippen LogP contribution < -0.4 is 0 Å². The van der Waals surface area contributed by atoms with Gasteiger partial charge in [0.15, 0.2) is 0 Å². The van der Waals surface area contributed by atoms with Gasteiger partial charge in [0.2, 0.25) is 0 Å². The summed E-state index contributed by atoms with van der Waals surface area (Å²) >= 11 is 9.20. The molecule has 64 valence electrons. The molecule has 2 rings (SSSR count). The molecule has 2 heterocycles. The van der Waals surface area contributed by atoms with E-state index in [2.05, 4.69) is 20.9 Å². The fourth-order valence-electron chi connectivity index (χ4n) is 1.30. The van der Waals surface area contributed by atoms with E-state index < -0.39 is 0 Å². The second-order valence-corrected chi connectivity index (χ2v) is 4.23. The van der Waals surface area contributed by atoms with Crippen LogP contribution in [0.1, 0.15) is 11.6 Å². The standard InChI is InChI=1S/C8H8BrClN2/c9-7-2-1-3-11-8(7)6-4-12(10)5-6/h1-3,6H,4-5H2. The van der Waals surface area contributed by atoms with Gasteiger partial charge in [-0.25, -0.2) is 4.42 Å². The molecular weight excluding hydrogens is 239 g/mol. The molecule has 0 aliphatic carbocycles. The SMILES string of the molecule is ClN1CC(c2ncccc2Br)C1. The zero-order valence-corrected chi connectivity index (χ0v) is 8.72. The molecule has 1 saturated heterocycles. The lowest BCUT2D eigenvalue weighted by molar-refractivity contribution is 0.273. The normalized spacial score (nSPS) is 19.2. The zero-order valence-electron chi connectivity index (χ0n) is 6.37. The van der Waals surface area contributed by atoms with Gasteiger partial charge in [0.1, 0.15) is 0 Å². The van der Waals surface area contributed by atoms with Gasteiger partial charge < -0.3 is 0 Å². The molecule has 0 unspecified atom stereocenters. The Morgan fingerprint density at radius 1 is 1.58 bits per heavy atom. The highest BCUT2D eigenvalue weighted by Gasteiger charge is 2.28. The Bertz CT molecular complexity index is 286. The Morgan fingerprint density at radius 3 is 2.92 bits per heavy atom. The summed E-state index contributed by atoms with van der Waals surface area (Å²) in [6.07, 6.45) is 1.82. The van der Waals surface area contributed by atoms with E-state index in [1.54, 1.807) is 4.42 Å². The van der Waals surface area contributed by atoms with Crippen LogP contribution in [0.3, 0.4) is 0 Å². The van der Waals surface area contributed by atoms with Gasteiger partial charge in [-0.3, -0.25) is 4.98 Å². The third kappa shape index (κ3) is 1.49. The van der Waals surface area contributed by atoms with Crippen molar-refractivity contribution in [3.05, 3.63) is 28.5 Å². The molecule has 1 fully saturated rings. The molecular formula is C8H8BrClN2. The third-order valence-electron chi connectivity index (χ3n) is 2.01. The molecule has 2 nitrogen and oxygen atoms in total. The van der Waals surface area contributed by atoms with E-state index in [0.717, 1.165) is 23.3 Å². The lowest BCUT2D eigenvalue weighted by Gasteiger charge is -2.33. The van der Waals surface area contributed by atoms with Crippen LogP contribution in [0.25, 0.3) is 0 Å². The second kappa shape index (κ2) is 3.32. The summed E-state index contributed by atoms with van der Waals surface area (Å²) in [5.41, 5.74) is 1.12. The first-order chi connectivity index (χ1) is 5.77. The first-order valence-electron chi connectivity index (χ1n) is 3.78. The summed E-state index contributed by atoms with van der Waals surface area (Å²) in [5, 5.41) is 0. The van der Waals surface area contributed by atoms with Gasteiger partial charge >= 0.3 is 0 Å². The highest BCUT2D eigenvalue weighted by molar-refractivity contribution is 9.10. The lowest BCUT2D eigenvalue weighted by atomic mass is 9.99. The lowest BCUT2D eigenvalue weighted by Crippen LogP contribution is -2.38. The molecule has 0 atom stereocenters. The first kappa shape index (κ1) is 8.48. The van der Waals surface area contributed by atoms with E-state index in [-0.39, 0.29) is 0 Å². The van der Waals surface area contributed by atoms with Crippen molar-refractivity contribution in [2.75, 3.05) is 13.1 Å². The second-order valence-electron chi connectivity index (χ2n) is 2.90. The maximum atomic E-state index is 5.74. The summed E-state index contributed by atoms with van der Waals surface area (Å²) in [6.45, 7) is 1.80. The van der Waals surface area contributed by atoms with Gasteiger partial charge in [0, 0.05) is 29.7 Å². The van der Waals surface area contributed by atoms with Crippen molar-refractivity contribution in [2.45, 2.75) is 5.92 Å². The Kier molecular flexibility index (Phi) is 2.35. The molecule has 0 aromatic carbocycles. The van der Waals surface area contributed by atoms with Gasteiger partial charge in [-0.05, 0) is 39.8 Å². The van der Waals surface area contributed by atoms with Crippen LogP contribution >= 0.6 is 27.7 Å². The summed E-state index contributed by atoms with van der Waals surface area (Å²) < 4.78 is 2.85. The zero-order chi connectivity index (χ0) is 8.55. The van der Waals surface area contributed by atoms with E-state index in [1.807, 2.05) is 18.3 Å². The Balaban J connectivity index is 2.18. The highest BCUT2D eigenvalue weighted by atomic mass is 79.9. The molecule has 1 aliphatic rings. The first-order valence-corrected chi connectivity index (χ1v) is 4.91. The monoisotopic (exact) mass is 246 g/mol. The summed E-state index contributed by atoms with van der Waals surface area (Å²) in [4.78, 5) is 4.30. The number of hydrogen-bond donors (Lipinski definition) is 0. The molecule has 0 saturated carbocycles. The van der Waals surface area contributed by atoms with Crippen LogP contribution in [0.4, 0.5) is 0 Å². The molecule has 1 aromatic heterocycles. The maximum absolute atomic E-state index is 5.74. The van der Waals surface area contributed by atoms with Gasteiger partial charge in [-0.1, -0.05) is 0 Å². The van der Waals surface area contributed by atoms with Crippen LogP contribution in [-0.2, 0) is 0 Å². The average Bonchev–Trinajstić information content (AvgIpc) is 2.01. The molecule has 0 spiro atoms. The number of pyridine rings is 1. The largest absolute Gasteiger partial charge is 0.260 e. The van der Waals surface area contributed by atoms with Crippen LogP contribution in [0.15, 0.2) is 22.8 Å². The van der Waals surface area contributed by atoms with Gasteiger partial charge in [-0.15, -0.1) is 0 Å². The predicted octanol–water partition coefficient (Wildman–Crippen LogP) is 2.40. The van der Waals surface area contributed by atoms with Gasteiger partial charge in [0.25, 0.3) is 0 Å². The highest BCUT2D eigenvalue weighted by Crippen LogP contribution is 2.30. The Hall–Kier alpha value is -0.120. The molecule has 4 heteroatoms. The van der Waals surface area contributed by atoms with E-state index in [9.17, 15) is 0 Å². The Labute approximate surface area is 84.8 Å². The van der Waals surface area contributed by atoms with Crippen molar-refractivity contribution in [3.63, 3.8) is 0 Å². The minimum absolute atomic E-state index is 0.498. The van der Waals surface area contributed by atoms with Crippen molar-refractivity contribution in [1.29, 1.82) is 0 Å². The molecule has 0 amide bonds. The molecule has 0 radical (unpaired) electrons. The summed E-state index contributed by atoms with van der Waals surface area (Å²) in [5.74, 6) is 0.498.